The van der Waals surface area contributed by atoms with E-state index in [0.29, 0.717) is 22.4 Å². The van der Waals surface area contributed by atoms with Crippen molar-refractivity contribution < 1.29 is 19.4 Å². The maximum absolute atomic E-state index is 13.6. The van der Waals surface area contributed by atoms with Crippen LogP contribution in [-0.2, 0) is 9.59 Å². The number of fused-ring (bicyclic) bond motifs is 1. The first-order valence-corrected chi connectivity index (χ1v) is 12.7. The highest BCUT2D eigenvalue weighted by atomic mass is 16.5. The number of amides is 1. The molecule has 1 fully saturated rings. The van der Waals surface area contributed by atoms with Crippen molar-refractivity contribution in [2.75, 3.05) is 31.0 Å². The van der Waals surface area contributed by atoms with E-state index in [1.807, 2.05) is 89.2 Å². The number of benzene rings is 3. The number of anilines is 2. The Balaban J connectivity index is 1.74. The summed E-state index contributed by atoms with van der Waals surface area (Å²) in [7, 11) is 5.46. The van der Waals surface area contributed by atoms with Gasteiger partial charge in [-0.05, 0) is 91.9 Å². The average Bonchev–Trinajstić information content (AvgIpc) is 3.42. The number of aromatic nitrogens is 2. The standard InChI is InChI=1S/C31H32N4O4/c1-16-13-23-24(14-17(16)2)33-31(32-23)35-27(20-8-10-21(11-9-20)34(5)6)26(29(37)30(35)38)28(36)22-12-19(4)25(39-7)15-18(22)3/h8-15,27,36H,1-7H3,(H,32,33)/b28-26+. The molecule has 3 aromatic carbocycles. The van der Waals surface area contributed by atoms with Crippen LogP contribution in [0.4, 0.5) is 11.6 Å². The molecule has 8 nitrogen and oxygen atoms in total. The Hall–Kier alpha value is -4.59. The van der Waals surface area contributed by atoms with Crippen LogP contribution >= 0.6 is 0 Å². The molecule has 39 heavy (non-hydrogen) atoms. The van der Waals surface area contributed by atoms with Gasteiger partial charge in [-0.3, -0.25) is 14.5 Å². The van der Waals surface area contributed by atoms with Crippen molar-refractivity contribution in [2.45, 2.75) is 33.7 Å². The third-order valence-corrected chi connectivity index (χ3v) is 7.48. The number of rotatable bonds is 5. The van der Waals surface area contributed by atoms with Gasteiger partial charge in [-0.1, -0.05) is 12.1 Å². The second-order valence-electron chi connectivity index (χ2n) is 10.3. The number of nitrogens with zero attached hydrogens (tertiary/aromatic N) is 3. The molecule has 4 aromatic rings. The summed E-state index contributed by atoms with van der Waals surface area (Å²) < 4.78 is 5.42. The molecule has 0 saturated carbocycles. The largest absolute Gasteiger partial charge is 0.507 e. The van der Waals surface area contributed by atoms with Gasteiger partial charge < -0.3 is 19.7 Å². The fraction of sp³-hybridized carbons (Fsp3) is 0.258. The molecule has 5 rings (SSSR count). The predicted molar refractivity (Wildman–Crippen MR) is 154 cm³/mol. The van der Waals surface area contributed by atoms with E-state index in [0.717, 1.165) is 33.5 Å². The molecule has 0 aliphatic carbocycles. The molecular weight excluding hydrogens is 492 g/mol. The molecule has 1 aliphatic heterocycles. The number of nitrogens with one attached hydrogen (secondary N) is 1. The van der Waals surface area contributed by atoms with Gasteiger partial charge in [-0.2, -0.15) is 0 Å². The summed E-state index contributed by atoms with van der Waals surface area (Å²) in [6.45, 7) is 7.70. The number of aliphatic hydroxyl groups is 1. The van der Waals surface area contributed by atoms with Gasteiger partial charge in [-0.15, -0.1) is 0 Å². The zero-order chi connectivity index (χ0) is 28.2. The van der Waals surface area contributed by atoms with Crippen molar-refractivity contribution in [3.63, 3.8) is 0 Å². The quantitative estimate of drug-likeness (QED) is 0.203. The Bertz CT molecular complexity index is 1630. The van der Waals surface area contributed by atoms with Gasteiger partial charge in [0.15, 0.2) is 0 Å². The number of hydrogen-bond donors (Lipinski definition) is 2. The summed E-state index contributed by atoms with van der Waals surface area (Å²) in [4.78, 5) is 38.5. The number of hydrogen-bond acceptors (Lipinski definition) is 6. The lowest BCUT2D eigenvalue weighted by Crippen LogP contribution is -2.30. The lowest BCUT2D eigenvalue weighted by Gasteiger charge is -2.24. The molecule has 1 saturated heterocycles. The lowest BCUT2D eigenvalue weighted by atomic mass is 9.93. The number of H-pyrrole nitrogens is 1. The van der Waals surface area contributed by atoms with E-state index < -0.39 is 17.7 Å². The SMILES string of the molecule is COc1cc(C)c(/C(O)=C2\C(=O)C(=O)N(c3nc4cc(C)c(C)cc4[nH]3)C2c2ccc(N(C)C)cc2)cc1C. The molecule has 0 radical (unpaired) electrons. The molecule has 200 valence electrons. The number of aryl methyl sites for hydroxylation is 4. The van der Waals surface area contributed by atoms with Crippen molar-refractivity contribution in [1.29, 1.82) is 0 Å². The summed E-state index contributed by atoms with van der Waals surface area (Å²) in [6, 6.07) is 14.2. The molecule has 0 bridgehead atoms. The molecule has 1 atom stereocenters. The monoisotopic (exact) mass is 524 g/mol. The van der Waals surface area contributed by atoms with Crippen molar-refractivity contribution in [3.8, 4) is 5.75 Å². The Morgan fingerprint density at radius 3 is 2.26 bits per heavy atom. The van der Waals surface area contributed by atoms with Gasteiger partial charge >= 0.3 is 5.91 Å². The molecule has 2 N–H and O–H groups in total. The van der Waals surface area contributed by atoms with Crippen LogP contribution in [-0.4, -0.2) is 48.0 Å². The van der Waals surface area contributed by atoms with Crippen molar-refractivity contribution in [1.82, 2.24) is 9.97 Å². The molecule has 2 heterocycles. The molecular formula is C31H32N4O4. The maximum Gasteiger partial charge on any atom is 0.302 e. The Morgan fingerprint density at radius 2 is 1.62 bits per heavy atom. The van der Waals surface area contributed by atoms with E-state index in [9.17, 15) is 14.7 Å². The minimum absolute atomic E-state index is 0.0121. The van der Waals surface area contributed by atoms with Crippen molar-refractivity contribution in [2.24, 2.45) is 0 Å². The number of imidazole rings is 1. The Morgan fingerprint density at radius 1 is 0.949 bits per heavy atom. The number of Topliss-reactive ketones (excluding diaryl/α,β-unsaturated/α-hetero) is 1. The first kappa shape index (κ1) is 26.0. The van der Waals surface area contributed by atoms with Gasteiger partial charge in [0, 0.05) is 25.3 Å². The summed E-state index contributed by atoms with van der Waals surface area (Å²) in [5.41, 5.74) is 7.26. The van der Waals surface area contributed by atoms with E-state index in [1.54, 1.807) is 13.2 Å². The molecule has 1 unspecified atom stereocenters. The van der Waals surface area contributed by atoms with Crippen LogP contribution in [0.1, 0.15) is 39.4 Å². The smallest absolute Gasteiger partial charge is 0.302 e. The van der Waals surface area contributed by atoms with Crippen LogP contribution < -0.4 is 14.5 Å². The summed E-state index contributed by atoms with van der Waals surface area (Å²) in [6.07, 6.45) is 0. The van der Waals surface area contributed by atoms with E-state index >= 15 is 0 Å². The first-order valence-electron chi connectivity index (χ1n) is 12.7. The fourth-order valence-electron chi connectivity index (χ4n) is 5.10. The van der Waals surface area contributed by atoms with Crippen molar-refractivity contribution in [3.05, 3.63) is 87.5 Å². The summed E-state index contributed by atoms with van der Waals surface area (Å²) in [5.74, 6) is -0.833. The number of aliphatic hydroxyl groups excluding tert-OH is 1. The van der Waals surface area contributed by atoms with Gasteiger partial charge in [0.1, 0.15) is 11.5 Å². The molecule has 1 aromatic heterocycles. The number of carbonyl (C=O) groups excluding carboxylic acids is 2. The Labute approximate surface area is 227 Å². The number of carbonyl (C=O) groups is 2. The number of methoxy groups -OCH3 is 1. The zero-order valence-corrected chi connectivity index (χ0v) is 23.2. The topological polar surface area (TPSA) is 98.8 Å². The fourth-order valence-corrected chi connectivity index (χ4v) is 5.10. The van der Waals surface area contributed by atoms with Crippen LogP contribution in [0, 0.1) is 27.7 Å². The van der Waals surface area contributed by atoms with E-state index in [2.05, 4.69) is 4.98 Å². The molecule has 1 amide bonds. The normalized spacial score (nSPS) is 16.8. The Kier molecular flexibility index (Phi) is 6.42. The van der Waals surface area contributed by atoms with Crippen LogP contribution in [0.25, 0.3) is 16.8 Å². The van der Waals surface area contributed by atoms with Crippen LogP contribution in [0.5, 0.6) is 5.75 Å². The highest BCUT2D eigenvalue weighted by molar-refractivity contribution is 6.51. The maximum atomic E-state index is 13.6. The van der Waals surface area contributed by atoms with E-state index in [4.69, 9.17) is 9.72 Å². The van der Waals surface area contributed by atoms with Crippen molar-refractivity contribution >= 4 is 40.1 Å². The number of ether oxygens (including phenoxy) is 1. The van der Waals surface area contributed by atoms with Gasteiger partial charge in [0.05, 0.1) is 29.8 Å². The second-order valence-corrected chi connectivity index (χ2v) is 10.3. The van der Waals surface area contributed by atoms with Crippen LogP contribution in [0.3, 0.4) is 0 Å². The highest BCUT2D eigenvalue weighted by Gasteiger charge is 2.48. The summed E-state index contributed by atoms with van der Waals surface area (Å²) in [5, 5.41) is 11.6. The zero-order valence-electron chi connectivity index (χ0n) is 23.2. The predicted octanol–water partition coefficient (Wildman–Crippen LogP) is 5.50. The van der Waals surface area contributed by atoms with Gasteiger partial charge in [0.2, 0.25) is 5.95 Å². The minimum atomic E-state index is -0.884. The third-order valence-electron chi connectivity index (χ3n) is 7.48. The van der Waals surface area contributed by atoms with Crippen LogP contribution in [0.15, 0.2) is 54.1 Å². The highest BCUT2D eigenvalue weighted by Crippen LogP contribution is 2.43. The second kappa shape index (κ2) is 9.62. The molecule has 1 aliphatic rings. The van der Waals surface area contributed by atoms with Crippen LogP contribution in [0.2, 0.25) is 0 Å². The lowest BCUT2D eigenvalue weighted by molar-refractivity contribution is -0.132. The molecule has 0 spiro atoms. The first-order chi connectivity index (χ1) is 18.5. The minimum Gasteiger partial charge on any atom is -0.507 e. The van der Waals surface area contributed by atoms with E-state index in [-0.39, 0.29) is 17.3 Å². The van der Waals surface area contributed by atoms with Gasteiger partial charge in [-0.25, -0.2) is 4.98 Å². The van der Waals surface area contributed by atoms with Gasteiger partial charge in [0.25, 0.3) is 5.78 Å². The number of aromatic amines is 1. The average molecular weight is 525 g/mol. The molecule has 8 heteroatoms. The number of ketones is 1. The third kappa shape index (κ3) is 4.31. The van der Waals surface area contributed by atoms with E-state index in [1.165, 1.54) is 4.90 Å². The summed E-state index contributed by atoms with van der Waals surface area (Å²) >= 11 is 0.